The zero-order chi connectivity index (χ0) is 18.2. The van der Waals surface area contributed by atoms with Gasteiger partial charge in [-0.25, -0.2) is 4.79 Å². The molecule has 134 valence electrons. The van der Waals surface area contributed by atoms with E-state index in [0.29, 0.717) is 4.90 Å². The first-order chi connectivity index (χ1) is 11.3. The Kier molecular flexibility index (Phi) is 8.58. The molecule has 0 aromatic heterocycles. The third-order valence-electron chi connectivity index (χ3n) is 3.12. The number of alkyl halides is 1. The van der Waals surface area contributed by atoms with E-state index in [1.165, 1.54) is 14.0 Å². The SMILES string of the molecule is COC(C)(Br)C(=O)OCCOC(=O)C(C)CS(=O)c1ccccc1. The molecule has 1 aromatic rings. The number of ether oxygens (including phenoxy) is 3. The maximum atomic E-state index is 12.1. The van der Waals surface area contributed by atoms with Crippen molar-refractivity contribution in [2.75, 3.05) is 26.1 Å². The molecule has 0 aliphatic rings. The fourth-order valence-electron chi connectivity index (χ4n) is 1.59. The topological polar surface area (TPSA) is 78.9 Å². The van der Waals surface area contributed by atoms with Crippen LogP contribution in [0.15, 0.2) is 35.2 Å². The predicted molar refractivity (Wildman–Crippen MR) is 93.1 cm³/mol. The highest BCUT2D eigenvalue weighted by Crippen LogP contribution is 2.19. The van der Waals surface area contributed by atoms with Crippen molar-refractivity contribution in [3.8, 4) is 0 Å². The van der Waals surface area contributed by atoms with Gasteiger partial charge in [-0.2, -0.15) is 0 Å². The molecule has 0 aliphatic heterocycles. The van der Waals surface area contributed by atoms with E-state index < -0.39 is 33.2 Å². The van der Waals surface area contributed by atoms with Gasteiger partial charge in [0.25, 0.3) is 0 Å². The molecule has 0 radical (unpaired) electrons. The van der Waals surface area contributed by atoms with Gasteiger partial charge in [0.15, 0.2) is 0 Å². The molecule has 8 heteroatoms. The summed E-state index contributed by atoms with van der Waals surface area (Å²) in [6.45, 7) is 3.00. The van der Waals surface area contributed by atoms with Crippen LogP contribution in [0, 0.1) is 5.92 Å². The Morgan fingerprint density at radius 2 is 1.79 bits per heavy atom. The van der Waals surface area contributed by atoms with Crippen molar-refractivity contribution in [1.29, 1.82) is 0 Å². The summed E-state index contributed by atoms with van der Waals surface area (Å²) in [5.74, 6) is -1.45. The summed E-state index contributed by atoms with van der Waals surface area (Å²) in [7, 11) is 0.0949. The lowest BCUT2D eigenvalue weighted by Gasteiger charge is -2.18. The molecule has 0 spiro atoms. The average molecular weight is 421 g/mol. The molecule has 3 unspecified atom stereocenters. The molecule has 0 saturated heterocycles. The molecular formula is C16H21BrO6S. The van der Waals surface area contributed by atoms with Gasteiger partial charge in [-0.05, 0) is 35.0 Å². The van der Waals surface area contributed by atoms with Gasteiger partial charge in [-0.3, -0.25) is 9.00 Å². The molecule has 0 N–H and O–H groups in total. The van der Waals surface area contributed by atoms with Crippen LogP contribution in [0.4, 0.5) is 0 Å². The zero-order valence-electron chi connectivity index (χ0n) is 13.8. The number of hydrogen-bond donors (Lipinski definition) is 0. The van der Waals surface area contributed by atoms with Crippen molar-refractivity contribution in [3.05, 3.63) is 30.3 Å². The van der Waals surface area contributed by atoms with Gasteiger partial charge in [-0.15, -0.1) is 0 Å². The molecule has 24 heavy (non-hydrogen) atoms. The van der Waals surface area contributed by atoms with E-state index in [0.717, 1.165) is 0 Å². The Bertz CT molecular complexity index is 575. The second-order valence-electron chi connectivity index (χ2n) is 5.15. The highest BCUT2D eigenvalue weighted by atomic mass is 79.9. The minimum Gasteiger partial charge on any atom is -0.462 e. The standard InChI is InChI=1S/C16H21BrO6S/c1-12(11-24(20)13-7-5-4-6-8-13)14(18)22-9-10-23-15(19)16(2,17)21-3/h4-8,12H,9-11H2,1-3H3. The first-order valence-corrected chi connectivity index (χ1v) is 9.40. The second-order valence-corrected chi connectivity index (χ2v) is 8.16. The van der Waals surface area contributed by atoms with E-state index in [4.69, 9.17) is 14.2 Å². The molecule has 0 bridgehead atoms. The monoisotopic (exact) mass is 420 g/mol. The summed E-state index contributed by atoms with van der Waals surface area (Å²) < 4.78 is 25.8. The number of hydrogen-bond acceptors (Lipinski definition) is 6. The lowest BCUT2D eigenvalue weighted by Crippen LogP contribution is -2.33. The van der Waals surface area contributed by atoms with Crippen LogP contribution in [-0.4, -0.2) is 46.7 Å². The molecule has 0 fully saturated rings. The summed E-state index contributed by atoms with van der Waals surface area (Å²) in [6.07, 6.45) is 0. The molecule has 0 saturated carbocycles. The Balaban J connectivity index is 2.32. The molecular weight excluding hydrogens is 400 g/mol. The van der Waals surface area contributed by atoms with E-state index in [1.54, 1.807) is 31.2 Å². The third kappa shape index (κ3) is 6.70. The van der Waals surface area contributed by atoms with Crippen LogP contribution in [-0.2, 0) is 34.6 Å². The Labute approximate surface area is 152 Å². The largest absolute Gasteiger partial charge is 0.462 e. The fourth-order valence-corrected chi connectivity index (χ4v) is 2.95. The van der Waals surface area contributed by atoms with Crippen molar-refractivity contribution in [1.82, 2.24) is 0 Å². The van der Waals surface area contributed by atoms with Crippen LogP contribution in [0.25, 0.3) is 0 Å². The second kappa shape index (κ2) is 9.90. The smallest absolute Gasteiger partial charge is 0.349 e. The van der Waals surface area contributed by atoms with Crippen LogP contribution >= 0.6 is 15.9 Å². The molecule has 0 heterocycles. The predicted octanol–water partition coefficient (Wildman–Crippen LogP) is 2.27. The van der Waals surface area contributed by atoms with E-state index in [9.17, 15) is 13.8 Å². The highest BCUT2D eigenvalue weighted by Gasteiger charge is 2.31. The van der Waals surface area contributed by atoms with E-state index in [-0.39, 0.29) is 19.0 Å². The maximum Gasteiger partial charge on any atom is 0.349 e. The summed E-state index contributed by atoms with van der Waals surface area (Å²) in [4.78, 5) is 24.1. The average Bonchev–Trinajstić information content (AvgIpc) is 2.58. The van der Waals surface area contributed by atoms with Gasteiger partial charge in [0.2, 0.25) is 4.51 Å². The summed E-state index contributed by atoms with van der Waals surface area (Å²) in [5.41, 5.74) is 0. The van der Waals surface area contributed by atoms with Crippen molar-refractivity contribution < 1.29 is 28.0 Å². The Hall–Kier alpha value is -1.25. The van der Waals surface area contributed by atoms with Crippen molar-refractivity contribution >= 4 is 38.7 Å². The number of methoxy groups -OCH3 is 1. The fraction of sp³-hybridized carbons (Fsp3) is 0.500. The molecule has 1 aromatic carbocycles. The lowest BCUT2D eigenvalue weighted by molar-refractivity contribution is -0.161. The Morgan fingerprint density at radius 1 is 1.21 bits per heavy atom. The normalized spacial score (nSPS) is 15.8. The summed E-state index contributed by atoms with van der Waals surface area (Å²) in [6, 6.07) is 8.92. The summed E-state index contributed by atoms with van der Waals surface area (Å²) in [5, 5.41) is 0. The van der Waals surface area contributed by atoms with Crippen LogP contribution in [0.3, 0.4) is 0 Å². The quantitative estimate of drug-likeness (QED) is 0.346. The van der Waals surface area contributed by atoms with E-state index >= 15 is 0 Å². The van der Waals surface area contributed by atoms with E-state index in [1.807, 2.05) is 6.07 Å². The minimum absolute atomic E-state index is 0.0698. The van der Waals surface area contributed by atoms with Crippen LogP contribution in [0.1, 0.15) is 13.8 Å². The number of rotatable bonds is 9. The maximum absolute atomic E-state index is 12.1. The van der Waals surface area contributed by atoms with Crippen LogP contribution < -0.4 is 0 Å². The highest BCUT2D eigenvalue weighted by molar-refractivity contribution is 9.10. The molecule has 0 aliphatic carbocycles. The Morgan fingerprint density at radius 3 is 2.38 bits per heavy atom. The minimum atomic E-state index is -1.27. The van der Waals surface area contributed by atoms with Gasteiger partial charge in [-0.1, -0.05) is 25.1 Å². The first-order valence-electron chi connectivity index (χ1n) is 7.29. The number of esters is 2. The molecule has 0 amide bonds. The summed E-state index contributed by atoms with van der Waals surface area (Å²) >= 11 is 3.06. The number of benzene rings is 1. The number of halogens is 1. The lowest BCUT2D eigenvalue weighted by atomic mass is 10.2. The van der Waals surface area contributed by atoms with Crippen molar-refractivity contribution in [2.45, 2.75) is 23.3 Å². The van der Waals surface area contributed by atoms with Gasteiger partial charge in [0.1, 0.15) is 13.2 Å². The van der Waals surface area contributed by atoms with Crippen molar-refractivity contribution in [3.63, 3.8) is 0 Å². The van der Waals surface area contributed by atoms with Crippen LogP contribution in [0.2, 0.25) is 0 Å². The van der Waals surface area contributed by atoms with Gasteiger partial charge in [0, 0.05) is 17.8 Å². The van der Waals surface area contributed by atoms with Gasteiger partial charge >= 0.3 is 11.9 Å². The van der Waals surface area contributed by atoms with Crippen LogP contribution in [0.5, 0.6) is 0 Å². The molecule has 6 nitrogen and oxygen atoms in total. The molecule has 3 atom stereocenters. The molecule has 1 rings (SSSR count). The zero-order valence-corrected chi connectivity index (χ0v) is 16.2. The van der Waals surface area contributed by atoms with Gasteiger partial charge in [0.05, 0.1) is 16.7 Å². The first kappa shape index (κ1) is 20.8. The number of carbonyl (C=O) groups excluding carboxylic acids is 2. The number of carbonyl (C=O) groups is 2. The van der Waals surface area contributed by atoms with E-state index in [2.05, 4.69) is 15.9 Å². The van der Waals surface area contributed by atoms with Gasteiger partial charge < -0.3 is 14.2 Å². The van der Waals surface area contributed by atoms with Crippen molar-refractivity contribution in [2.24, 2.45) is 5.92 Å². The third-order valence-corrected chi connectivity index (χ3v) is 5.37.